The van der Waals surface area contributed by atoms with Crippen molar-refractivity contribution in [3.05, 3.63) is 39.4 Å². The van der Waals surface area contributed by atoms with E-state index in [1.807, 2.05) is 6.92 Å². The van der Waals surface area contributed by atoms with E-state index in [9.17, 15) is 23.3 Å². The molecule has 1 aromatic carbocycles. The van der Waals surface area contributed by atoms with Crippen LogP contribution in [0.5, 0.6) is 0 Å². The first-order chi connectivity index (χ1) is 11.2. The van der Waals surface area contributed by atoms with Crippen LogP contribution < -0.4 is 0 Å². The predicted molar refractivity (Wildman–Crippen MR) is 90.8 cm³/mol. The van der Waals surface area contributed by atoms with Gasteiger partial charge in [-0.05, 0) is 31.9 Å². The highest BCUT2D eigenvalue weighted by atomic mass is 32.2. The molecule has 1 aliphatic heterocycles. The summed E-state index contributed by atoms with van der Waals surface area (Å²) in [6, 6.07) is 3.95. The number of nitrogens with zero attached hydrogens (tertiary/aromatic N) is 2. The molecule has 2 rings (SSSR count). The summed E-state index contributed by atoms with van der Waals surface area (Å²) in [5.41, 5.74) is 0.744. The number of hydrogen-bond donors (Lipinski definition) is 0. The number of aryl methyl sites for hydroxylation is 1. The first kappa shape index (κ1) is 18.4. The van der Waals surface area contributed by atoms with Gasteiger partial charge >= 0.3 is 0 Å². The molecule has 1 amide bonds. The van der Waals surface area contributed by atoms with Gasteiger partial charge in [0.1, 0.15) is 0 Å². The second kappa shape index (κ2) is 7.29. The zero-order valence-electron chi connectivity index (χ0n) is 13.9. The summed E-state index contributed by atoms with van der Waals surface area (Å²) in [6.45, 7) is 4.08. The molecular weight excluding hydrogens is 332 g/mol. The predicted octanol–water partition coefficient (Wildman–Crippen LogP) is 2.33. The van der Waals surface area contributed by atoms with E-state index in [1.165, 1.54) is 18.2 Å². The van der Waals surface area contributed by atoms with E-state index in [1.54, 1.807) is 11.8 Å². The Hall–Kier alpha value is -1.96. The lowest BCUT2D eigenvalue weighted by Gasteiger charge is -2.28. The van der Waals surface area contributed by atoms with Gasteiger partial charge < -0.3 is 4.90 Å². The first-order valence-electron chi connectivity index (χ1n) is 8.01. The molecule has 1 atom stereocenters. The number of hydrogen-bond acceptors (Lipinski definition) is 5. The average molecular weight is 354 g/mol. The lowest BCUT2D eigenvalue weighted by Crippen LogP contribution is -2.41. The van der Waals surface area contributed by atoms with Crippen LogP contribution >= 0.6 is 0 Å². The second-order valence-corrected chi connectivity index (χ2v) is 8.40. The molecule has 0 saturated carbocycles. The van der Waals surface area contributed by atoms with Crippen molar-refractivity contribution < 1.29 is 18.1 Å². The smallest absolute Gasteiger partial charge is 0.272 e. The molecule has 8 heteroatoms. The molecule has 1 heterocycles. The maximum atomic E-state index is 12.8. The Morgan fingerprint density at radius 2 is 2.12 bits per heavy atom. The van der Waals surface area contributed by atoms with Gasteiger partial charge in [-0.25, -0.2) is 8.42 Å². The minimum Gasteiger partial charge on any atom is -0.335 e. The Kier molecular flexibility index (Phi) is 5.58. The number of unbranched alkanes of at least 4 members (excludes halogenated alkanes) is 1. The van der Waals surface area contributed by atoms with Gasteiger partial charge in [0, 0.05) is 29.8 Å². The van der Waals surface area contributed by atoms with Gasteiger partial charge in [-0.3, -0.25) is 14.9 Å². The fraction of sp³-hybridized carbons (Fsp3) is 0.562. The number of sulfone groups is 1. The SMILES string of the molecule is CCCCN(C(=O)c1ccc([N+](=O)[O-])c(C)c1)C1CCS(=O)(=O)C1. The molecule has 1 fully saturated rings. The van der Waals surface area contributed by atoms with Crippen LogP contribution in [0.2, 0.25) is 0 Å². The summed E-state index contributed by atoms with van der Waals surface area (Å²) >= 11 is 0. The van der Waals surface area contributed by atoms with E-state index < -0.39 is 14.8 Å². The Bertz CT molecular complexity index is 745. The van der Waals surface area contributed by atoms with E-state index in [0.29, 0.717) is 24.1 Å². The van der Waals surface area contributed by atoms with Crippen molar-refractivity contribution in [2.45, 2.75) is 39.2 Å². The fourth-order valence-corrected chi connectivity index (χ4v) is 4.69. The molecule has 1 unspecified atom stereocenters. The third-order valence-electron chi connectivity index (χ3n) is 4.30. The molecule has 1 aromatic rings. The van der Waals surface area contributed by atoms with Crippen LogP contribution in [-0.2, 0) is 9.84 Å². The Labute approximate surface area is 141 Å². The zero-order valence-corrected chi connectivity index (χ0v) is 14.7. The lowest BCUT2D eigenvalue weighted by atomic mass is 10.1. The molecule has 0 bridgehead atoms. The molecule has 1 saturated heterocycles. The van der Waals surface area contributed by atoms with Gasteiger partial charge in [0.15, 0.2) is 9.84 Å². The van der Waals surface area contributed by atoms with Gasteiger partial charge in [-0.2, -0.15) is 0 Å². The molecule has 24 heavy (non-hydrogen) atoms. The Morgan fingerprint density at radius 1 is 1.42 bits per heavy atom. The third kappa shape index (κ3) is 4.11. The molecule has 0 N–H and O–H groups in total. The number of rotatable bonds is 6. The van der Waals surface area contributed by atoms with Crippen LogP contribution in [0.4, 0.5) is 5.69 Å². The van der Waals surface area contributed by atoms with Crippen LogP contribution in [0.1, 0.15) is 42.1 Å². The van der Waals surface area contributed by atoms with E-state index in [2.05, 4.69) is 0 Å². The van der Waals surface area contributed by atoms with E-state index >= 15 is 0 Å². The summed E-state index contributed by atoms with van der Waals surface area (Å²) in [4.78, 5) is 24.9. The largest absolute Gasteiger partial charge is 0.335 e. The highest BCUT2D eigenvalue weighted by Gasteiger charge is 2.34. The van der Waals surface area contributed by atoms with Crippen LogP contribution in [0.3, 0.4) is 0 Å². The van der Waals surface area contributed by atoms with E-state index in [0.717, 1.165) is 12.8 Å². The van der Waals surface area contributed by atoms with Crippen molar-refractivity contribution in [3.63, 3.8) is 0 Å². The van der Waals surface area contributed by atoms with Gasteiger partial charge in [-0.1, -0.05) is 13.3 Å². The van der Waals surface area contributed by atoms with Gasteiger partial charge in [0.2, 0.25) is 0 Å². The second-order valence-electron chi connectivity index (χ2n) is 6.17. The average Bonchev–Trinajstić information content (AvgIpc) is 2.86. The topological polar surface area (TPSA) is 97.6 Å². The molecule has 1 aliphatic rings. The molecule has 0 aromatic heterocycles. The summed E-state index contributed by atoms with van der Waals surface area (Å²) in [6.07, 6.45) is 2.13. The van der Waals surface area contributed by atoms with Crippen LogP contribution in [0.15, 0.2) is 18.2 Å². The van der Waals surface area contributed by atoms with Crippen LogP contribution in [-0.4, -0.2) is 48.2 Å². The summed E-state index contributed by atoms with van der Waals surface area (Å²) < 4.78 is 23.5. The number of benzene rings is 1. The molecule has 0 spiro atoms. The summed E-state index contributed by atoms with van der Waals surface area (Å²) in [7, 11) is -3.09. The first-order valence-corrected chi connectivity index (χ1v) is 9.83. The molecule has 132 valence electrons. The van der Waals surface area contributed by atoms with Crippen molar-refractivity contribution in [3.8, 4) is 0 Å². The monoisotopic (exact) mass is 354 g/mol. The number of carbonyl (C=O) groups is 1. The maximum absolute atomic E-state index is 12.8. The van der Waals surface area contributed by atoms with Gasteiger partial charge in [0.05, 0.1) is 16.4 Å². The van der Waals surface area contributed by atoms with Crippen molar-refractivity contribution in [2.75, 3.05) is 18.1 Å². The highest BCUT2D eigenvalue weighted by molar-refractivity contribution is 7.91. The fourth-order valence-electron chi connectivity index (χ4n) is 2.96. The van der Waals surface area contributed by atoms with Crippen molar-refractivity contribution in [2.24, 2.45) is 0 Å². The van der Waals surface area contributed by atoms with Crippen LogP contribution in [0, 0.1) is 17.0 Å². The quantitative estimate of drug-likeness (QED) is 0.577. The minimum absolute atomic E-state index is 0.00554. The molecule has 0 aliphatic carbocycles. The zero-order chi connectivity index (χ0) is 17.9. The van der Waals surface area contributed by atoms with Crippen molar-refractivity contribution in [1.29, 1.82) is 0 Å². The Morgan fingerprint density at radius 3 is 2.62 bits per heavy atom. The van der Waals surface area contributed by atoms with E-state index in [4.69, 9.17) is 0 Å². The number of amides is 1. The normalized spacial score (nSPS) is 19.2. The van der Waals surface area contributed by atoms with Gasteiger partial charge in [0.25, 0.3) is 11.6 Å². The Balaban J connectivity index is 2.27. The molecule has 7 nitrogen and oxygen atoms in total. The van der Waals surface area contributed by atoms with E-state index in [-0.39, 0.29) is 29.1 Å². The standard InChI is InChI=1S/C16H22N2O5S/c1-3-4-8-17(14-7-9-24(22,23)11-14)16(19)13-5-6-15(18(20)21)12(2)10-13/h5-6,10,14H,3-4,7-9,11H2,1-2H3. The third-order valence-corrected chi connectivity index (χ3v) is 6.05. The van der Waals surface area contributed by atoms with Crippen LogP contribution in [0.25, 0.3) is 0 Å². The summed E-state index contributed by atoms with van der Waals surface area (Å²) in [5, 5.41) is 10.9. The van der Waals surface area contributed by atoms with Gasteiger partial charge in [-0.15, -0.1) is 0 Å². The molecule has 0 radical (unpaired) electrons. The minimum atomic E-state index is -3.09. The van der Waals surface area contributed by atoms with Crippen molar-refractivity contribution >= 4 is 21.4 Å². The highest BCUT2D eigenvalue weighted by Crippen LogP contribution is 2.23. The summed E-state index contributed by atoms with van der Waals surface area (Å²) in [5.74, 6) is -0.162. The number of nitro benzene ring substituents is 1. The number of nitro groups is 1. The maximum Gasteiger partial charge on any atom is 0.272 e. The number of carbonyl (C=O) groups excluding carboxylic acids is 1. The van der Waals surface area contributed by atoms with Crippen molar-refractivity contribution in [1.82, 2.24) is 4.90 Å². The molecular formula is C16H22N2O5S. The lowest BCUT2D eigenvalue weighted by molar-refractivity contribution is -0.385.